The van der Waals surface area contributed by atoms with Crippen LogP contribution in [0.25, 0.3) is 0 Å². The molecule has 1 aromatic carbocycles. The van der Waals surface area contributed by atoms with Crippen molar-refractivity contribution < 1.29 is 0 Å². The van der Waals surface area contributed by atoms with Crippen LogP contribution in [0, 0.1) is 5.92 Å². The van der Waals surface area contributed by atoms with Crippen LogP contribution in [0.3, 0.4) is 0 Å². The van der Waals surface area contributed by atoms with Crippen LogP contribution in [-0.2, 0) is 0 Å². The highest BCUT2D eigenvalue weighted by Crippen LogP contribution is 2.42. The summed E-state index contributed by atoms with van der Waals surface area (Å²) in [6.07, 6.45) is 1.08. The van der Waals surface area contributed by atoms with E-state index in [0.717, 1.165) is 12.0 Å². The van der Waals surface area contributed by atoms with Crippen molar-refractivity contribution in [2.75, 3.05) is 0 Å². The molecular formula is C12H14Cl4. The van der Waals surface area contributed by atoms with Crippen molar-refractivity contribution >= 4 is 46.4 Å². The quantitative estimate of drug-likeness (QED) is 0.444. The summed E-state index contributed by atoms with van der Waals surface area (Å²) >= 11 is 24.2. The molecule has 0 spiro atoms. The maximum atomic E-state index is 6.19. The Bertz CT molecular complexity index is 387. The molecule has 0 radical (unpaired) electrons. The Morgan fingerprint density at radius 1 is 1.00 bits per heavy atom. The molecular weight excluding hydrogens is 286 g/mol. The van der Waals surface area contributed by atoms with Gasteiger partial charge in [0.25, 0.3) is 0 Å². The predicted octanol–water partition coefficient (Wildman–Crippen LogP) is 6.45. The average Bonchev–Trinajstić information content (AvgIpc) is 2.29. The summed E-state index contributed by atoms with van der Waals surface area (Å²) in [5.41, 5.74) is 0.968. The molecule has 1 rings (SSSR count). The van der Waals surface area contributed by atoms with Gasteiger partial charge in [-0.2, -0.15) is 0 Å². The molecule has 0 heterocycles. The SMILES string of the molecule is CCC(C)C(C)c1cc(Cl)c(Cl)c(Cl)c1Cl. The lowest BCUT2D eigenvalue weighted by Crippen LogP contribution is -2.06. The molecule has 4 heteroatoms. The van der Waals surface area contributed by atoms with E-state index in [1.165, 1.54) is 0 Å². The van der Waals surface area contributed by atoms with Gasteiger partial charge in [0.1, 0.15) is 0 Å². The first-order valence-corrected chi connectivity index (χ1v) is 6.74. The summed E-state index contributed by atoms with van der Waals surface area (Å²) in [4.78, 5) is 0. The minimum atomic E-state index is 0.310. The smallest absolute Gasteiger partial charge is 0.0796 e. The first kappa shape index (κ1) is 14.4. The molecule has 0 amide bonds. The van der Waals surface area contributed by atoms with Gasteiger partial charge < -0.3 is 0 Å². The van der Waals surface area contributed by atoms with E-state index >= 15 is 0 Å². The molecule has 90 valence electrons. The van der Waals surface area contributed by atoms with Gasteiger partial charge in [0.15, 0.2) is 0 Å². The van der Waals surface area contributed by atoms with E-state index in [2.05, 4.69) is 20.8 Å². The zero-order chi connectivity index (χ0) is 12.5. The lowest BCUT2D eigenvalue weighted by Gasteiger charge is -2.21. The van der Waals surface area contributed by atoms with Gasteiger partial charge in [-0.25, -0.2) is 0 Å². The van der Waals surface area contributed by atoms with Crippen LogP contribution in [0.15, 0.2) is 6.07 Å². The van der Waals surface area contributed by atoms with Crippen molar-refractivity contribution in [1.82, 2.24) is 0 Å². The highest BCUT2D eigenvalue weighted by atomic mass is 35.5. The van der Waals surface area contributed by atoms with Gasteiger partial charge in [-0.1, -0.05) is 73.6 Å². The second kappa shape index (κ2) is 5.82. The van der Waals surface area contributed by atoms with Crippen LogP contribution in [-0.4, -0.2) is 0 Å². The summed E-state index contributed by atoms with van der Waals surface area (Å²) in [5.74, 6) is 0.829. The van der Waals surface area contributed by atoms with Crippen LogP contribution in [0.2, 0.25) is 20.1 Å². The van der Waals surface area contributed by atoms with Crippen LogP contribution < -0.4 is 0 Å². The molecule has 0 bridgehead atoms. The summed E-state index contributed by atoms with van der Waals surface area (Å²) in [6.45, 7) is 6.45. The number of hydrogen-bond acceptors (Lipinski definition) is 0. The first-order chi connectivity index (χ1) is 7.40. The van der Waals surface area contributed by atoms with Crippen molar-refractivity contribution in [3.05, 3.63) is 31.7 Å². The number of benzene rings is 1. The minimum absolute atomic E-state index is 0.310. The van der Waals surface area contributed by atoms with Gasteiger partial charge in [-0.05, 0) is 23.5 Å². The fraction of sp³-hybridized carbons (Fsp3) is 0.500. The molecule has 0 fully saturated rings. The highest BCUT2D eigenvalue weighted by molar-refractivity contribution is 6.52. The van der Waals surface area contributed by atoms with E-state index in [1.54, 1.807) is 0 Å². The normalized spacial score (nSPS) is 14.9. The molecule has 16 heavy (non-hydrogen) atoms. The second-order valence-electron chi connectivity index (χ2n) is 4.06. The van der Waals surface area contributed by atoms with E-state index in [9.17, 15) is 0 Å². The Morgan fingerprint density at radius 3 is 2.06 bits per heavy atom. The van der Waals surface area contributed by atoms with Gasteiger partial charge in [0, 0.05) is 0 Å². The monoisotopic (exact) mass is 298 g/mol. The molecule has 0 N–H and O–H groups in total. The molecule has 2 atom stereocenters. The minimum Gasteiger partial charge on any atom is -0.0826 e. The van der Waals surface area contributed by atoms with Gasteiger partial charge in [0.2, 0.25) is 0 Å². The van der Waals surface area contributed by atoms with E-state index in [0.29, 0.717) is 31.9 Å². The molecule has 0 aromatic heterocycles. The Hall–Kier alpha value is 0.380. The summed E-state index contributed by atoms with van der Waals surface area (Å²) in [6, 6.07) is 1.81. The first-order valence-electron chi connectivity index (χ1n) is 5.23. The zero-order valence-corrected chi connectivity index (χ0v) is 12.5. The van der Waals surface area contributed by atoms with E-state index in [4.69, 9.17) is 46.4 Å². The molecule has 0 aliphatic rings. The molecule has 2 unspecified atom stereocenters. The van der Waals surface area contributed by atoms with Crippen molar-refractivity contribution in [3.8, 4) is 0 Å². The Morgan fingerprint density at radius 2 is 1.56 bits per heavy atom. The largest absolute Gasteiger partial charge is 0.0826 e. The van der Waals surface area contributed by atoms with Crippen molar-refractivity contribution in [2.45, 2.75) is 33.1 Å². The predicted molar refractivity (Wildman–Crippen MR) is 74.4 cm³/mol. The molecule has 0 saturated heterocycles. The van der Waals surface area contributed by atoms with E-state index < -0.39 is 0 Å². The van der Waals surface area contributed by atoms with Gasteiger partial charge in [-0.3, -0.25) is 0 Å². The van der Waals surface area contributed by atoms with Crippen LogP contribution in [0.5, 0.6) is 0 Å². The second-order valence-corrected chi connectivity index (χ2v) is 5.60. The van der Waals surface area contributed by atoms with Crippen LogP contribution in [0.1, 0.15) is 38.7 Å². The lowest BCUT2D eigenvalue weighted by molar-refractivity contribution is 0.473. The molecule has 0 aliphatic carbocycles. The van der Waals surface area contributed by atoms with E-state index in [-0.39, 0.29) is 0 Å². The van der Waals surface area contributed by atoms with Gasteiger partial charge in [0.05, 0.1) is 20.1 Å². The van der Waals surface area contributed by atoms with Crippen LogP contribution in [0.4, 0.5) is 0 Å². The number of hydrogen-bond donors (Lipinski definition) is 0. The van der Waals surface area contributed by atoms with Gasteiger partial charge in [-0.15, -0.1) is 0 Å². The summed E-state index contributed by atoms with van der Waals surface area (Å²) < 4.78 is 0. The van der Waals surface area contributed by atoms with E-state index in [1.807, 2.05) is 6.07 Å². The van der Waals surface area contributed by atoms with Crippen molar-refractivity contribution in [2.24, 2.45) is 5.92 Å². The zero-order valence-electron chi connectivity index (χ0n) is 9.45. The molecule has 0 nitrogen and oxygen atoms in total. The molecule has 0 aliphatic heterocycles. The van der Waals surface area contributed by atoms with Gasteiger partial charge >= 0.3 is 0 Å². The Labute approximate surface area is 117 Å². The standard InChI is InChI=1S/C12H14Cl4/c1-4-6(2)7(3)8-5-9(13)11(15)12(16)10(8)14/h5-7H,4H2,1-3H3. The van der Waals surface area contributed by atoms with Crippen molar-refractivity contribution in [1.29, 1.82) is 0 Å². The lowest BCUT2D eigenvalue weighted by atomic mass is 9.87. The Kier molecular flexibility index (Phi) is 5.25. The van der Waals surface area contributed by atoms with Crippen molar-refractivity contribution in [3.63, 3.8) is 0 Å². The highest BCUT2D eigenvalue weighted by Gasteiger charge is 2.20. The third-order valence-corrected chi connectivity index (χ3v) is 4.88. The third kappa shape index (κ3) is 2.79. The summed E-state index contributed by atoms with van der Waals surface area (Å²) in [7, 11) is 0. The maximum absolute atomic E-state index is 6.19. The fourth-order valence-electron chi connectivity index (χ4n) is 1.58. The average molecular weight is 300 g/mol. The summed E-state index contributed by atoms with van der Waals surface area (Å²) in [5, 5.41) is 1.65. The molecule has 0 saturated carbocycles. The fourth-order valence-corrected chi connectivity index (χ4v) is 2.57. The third-order valence-electron chi connectivity index (χ3n) is 3.12. The molecule has 1 aromatic rings. The number of halogens is 4. The Balaban J connectivity index is 3.25. The number of rotatable bonds is 3. The van der Waals surface area contributed by atoms with Crippen LogP contribution >= 0.6 is 46.4 Å². The maximum Gasteiger partial charge on any atom is 0.0796 e. The topological polar surface area (TPSA) is 0 Å².